The Hall–Kier alpha value is 0.690. The summed E-state index contributed by atoms with van der Waals surface area (Å²) in [5.41, 5.74) is 9.24. The summed E-state index contributed by atoms with van der Waals surface area (Å²) >= 11 is 4.09. The van der Waals surface area contributed by atoms with Crippen LogP contribution in [0.5, 0.6) is 0 Å². The van der Waals surface area contributed by atoms with Gasteiger partial charge in [-0.1, -0.05) is 0 Å². The summed E-state index contributed by atoms with van der Waals surface area (Å²) < 4.78 is 0. The molecule has 0 bridgehead atoms. The average Bonchev–Trinajstić information content (AvgIpc) is 0.811. The fourth-order valence-electron chi connectivity index (χ4n) is 0. The van der Waals surface area contributed by atoms with E-state index in [2.05, 4.69) is 23.7 Å². The van der Waals surface area contributed by atoms with Gasteiger partial charge in [0, 0.05) is 29.6 Å². The predicted molar refractivity (Wildman–Crippen MR) is 26.7 cm³/mol. The number of thiocarbonyl (C=S) groups is 1. The Balaban J connectivity index is 0. The van der Waals surface area contributed by atoms with Gasteiger partial charge < -0.3 is 11.5 Å². The van der Waals surface area contributed by atoms with Crippen molar-refractivity contribution >= 4 is 46.9 Å². The standard InChI is InChI=1S/CH4N2S.Na/c2-1(3)4;/h(H4,2,3,4);. The first-order valence-electron chi connectivity index (χ1n) is 0.781. The molecule has 4 heteroatoms. The Labute approximate surface area is 58.2 Å². The molecule has 0 aromatic heterocycles. The maximum absolute atomic E-state index is 4.62. The predicted octanol–water partition coefficient (Wildman–Crippen LogP) is -1.19. The molecule has 0 heterocycles. The topological polar surface area (TPSA) is 52.0 Å². The van der Waals surface area contributed by atoms with Gasteiger partial charge >= 0.3 is 0 Å². The molecule has 0 aliphatic carbocycles. The van der Waals surface area contributed by atoms with Crippen LogP contribution >= 0.6 is 12.2 Å². The zero-order valence-electron chi connectivity index (χ0n) is 3.06. The maximum Gasteiger partial charge on any atom is 0.160 e. The van der Waals surface area contributed by atoms with Gasteiger partial charge in [-0.15, -0.1) is 0 Å². The minimum atomic E-state index is 0. The molecule has 0 amide bonds. The van der Waals surface area contributed by atoms with E-state index in [4.69, 9.17) is 0 Å². The Morgan fingerprint density at radius 2 is 1.40 bits per heavy atom. The molecule has 4 N–H and O–H groups in total. The summed E-state index contributed by atoms with van der Waals surface area (Å²) in [5.74, 6) is 0. The fraction of sp³-hybridized carbons (Fsp3) is 0. The summed E-state index contributed by atoms with van der Waals surface area (Å²) in [6.45, 7) is 0. The summed E-state index contributed by atoms with van der Waals surface area (Å²) in [4.78, 5) is 0. The van der Waals surface area contributed by atoms with Crippen LogP contribution in [-0.4, -0.2) is 34.7 Å². The second-order valence-corrected chi connectivity index (χ2v) is 0.874. The molecule has 0 aromatic rings. The van der Waals surface area contributed by atoms with E-state index in [1.807, 2.05) is 0 Å². The van der Waals surface area contributed by atoms with Crippen LogP contribution in [0.25, 0.3) is 0 Å². The van der Waals surface area contributed by atoms with Crippen molar-refractivity contribution in [1.82, 2.24) is 0 Å². The van der Waals surface area contributed by atoms with Crippen LogP contribution in [0.4, 0.5) is 0 Å². The van der Waals surface area contributed by atoms with Gasteiger partial charge in [0.15, 0.2) is 5.11 Å². The van der Waals surface area contributed by atoms with Crippen LogP contribution in [0, 0.1) is 0 Å². The van der Waals surface area contributed by atoms with E-state index in [0.717, 1.165) is 0 Å². The van der Waals surface area contributed by atoms with Crippen LogP contribution in [-0.2, 0) is 0 Å². The summed E-state index contributed by atoms with van der Waals surface area (Å²) in [6, 6.07) is 0. The van der Waals surface area contributed by atoms with Crippen LogP contribution in [0.2, 0.25) is 0 Å². The average molecular weight is 99.1 g/mol. The van der Waals surface area contributed by atoms with E-state index in [0.29, 0.717) is 0 Å². The Morgan fingerprint density at radius 1 is 1.40 bits per heavy atom. The molecule has 0 aliphatic heterocycles. The third-order valence-electron chi connectivity index (χ3n) is 0. The molecule has 0 aliphatic rings. The molecule has 0 rings (SSSR count). The van der Waals surface area contributed by atoms with E-state index in [1.54, 1.807) is 0 Å². The van der Waals surface area contributed by atoms with Crippen molar-refractivity contribution in [1.29, 1.82) is 0 Å². The normalized spacial score (nSPS) is 4.80. The van der Waals surface area contributed by atoms with E-state index >= 15 is 0 Å². The molecule has 0 spiro atoms. The van der Waals surface area contributed by atoms with Crippen molar-refractivity contribution in [3.8, 4) is 0 Å². The molecule has 5 heavy (non-hydrogen) atoms. The molecule has 0 fully saturated rings. The van der Waals surface area contributed by atoms with Gasteiger partial charge in [0.1, 0.15) is 0 Å². The smallest absolute Gasteiger partial charge is 0.160 e. The third-order valence-corrected chi connectivity index (χ3v) is 0. The molecular formula is CH4N2NaS. The molecule has 0 unspecified atom stereocenters. The van der Waals surface area contributed by atoms with Gasteiger partial charge in [0.25, 0.3) is 0 Å². The number of hydrogen-bond acceptors (Lipinski definition) is 1. The Kier molecular flexibility index (Phi) is 8.62. The van der Waals surface area contributed by atoms with Gasteiger partial charge in [-0.2, -0.15) is 0 Å². The van der Waals surface area contributed by atoms with Crippen LogP contribution < -0.4 is 11.5 Å². The number of rotatable bonds is 0. The first-order chi connectivity index (χ1) is 1.73. The van der Waals surface area contributed by atoms with Crippen LogP contribution in [0.15, 0.2) is 0 Å². The second kappa shape index (κ2) is 4.69. The Bertz CT molecular complexity index is 32.6. The van der Waals surface area contributed by atoms with Gasteiger partial charge in [-0.25, -0.2) is 0 Å². The summed E-state index contributed by atoms with van der Waals surface area (Å²) in [7, 11) is 0. The van der Waals surface area contributed by atoms with Crippen molar-refractivity contribution in [2.24, 2.45) is 11.5 Å². The van der Waals surface area contributed by atoms with Crippen molar-refractivity contribution < 1.29 is 0 Å². The van der Waals surface area contributed by atoms with Gasteiger partial charge in [0.05, 0.1) is 0 Å². The molecule has 25 valence electrons. The third kappa shape index (κ3) is 71.3. The van der Waals surface area contributed by atoms with E-state index in [-0.39, 0.29) is 34.7 Å². The molecule has 0 atom stereocenters. The Morgan fingerprint density at radius 3 is 1.40 bits per heavy atom. The minimum absolute atomic E-state index is 0. The van der Waals surface area contributed by atoms with E-state index in [9.17, 15) is 0 Å². The zero-order valence-corrected chi connectivity index (χ0v) is 5.88. The van der Waals surface area contributed by atoms with Crippen molar-refractivity contribution in [3.05, 3.63) is 0 Å². The summed E-state index contributed by atoms with van der Waals surface area (Å²) in [6.07, 6.45) is 0. The first-order valence-corrected chi connectivity index (χ1v) is 1.19. The van der Waals surface area contributed by atoms with E-state index < -0.39 is 0 Å². The van der Waals surface area contributed by atoms with Crippen molar-refractivity contribution in [2.45, 2.75) is 0 Å². The quantitative estimate of drug-likeness (QED) is 0.296. The largest absolute Gasteiger partial charge is 0.377 e. The van der Waals surface area contributed by atoms with Gasteiger partial charge in [-0.3, -0.25) is 0 Å². The molecular weight excluding hydrogens is 95.1 g/mol. The molecule has 1 radical (unpaired) electrons. The molecule has 0 aromatic carbocycles. The summed E-state index contributed by atoms with van der Waals surface area (Å²) in [5, 5.41) is 0.000000000000000222. The molecule has 0 saturated carbocycles. The SMILES string of the molecule is NC(N)=S.[Na]. The van der Waals surface area contributed by atoms with Gasteiger partial charge in [-0.05, 0) is 12.2 Å². The molecule has 0 saturated heterocycles. The van der Waals surface area contributed by atoms with Gasteiger partial charge in [0.2, 0.25) is 0 Å². The maximum atomic E-state index is 4.62. The fourth-order valence-corrected chi connectivity index (χ4v) is 0. The minimum Gasteiger partial charge on any atom is -0.377 e. The van der Waals surface area contributed by atoms with Crippen LogP contribution in [0.1, 0.15) is 0 Å². The molecule has 2 nitrogen and oxygen atoms in total. The monoisotopic (exact) mass is 99.0 g/mol. The first kappa shape index (κ1) is 9.19. The number of nitrogens with two attached hydrogens (primary N) is 2. The number of hydrogen-bond donors (Lipinski definition) is 2. The zero-order chi connectivity index (χ0) is 3.58. The van der Waals surface area contributed by atoms with Crippen molar-refractivity contribution in [2.75, 3.05) is 0 Å². The van der Waals surface area contributed by atoms with Crippen molar-refractivity contribution in [3.63, 3.8) is 0 Å². The second-order valence-electron chi connectivity index (χ2n) is 0.402. The van der Waals surface area contributed by atoms with E-state index in [1.165, 1.54) is 0 Å². The van der Waals surface area contributed by atoms with Crippen LogP contribution in [0.3, 0.4) is 0 Å².